The van der Waals surface area contributed by atoms with E-state index in [2.05, 4.69) is 36.4 Å². The van der Waals surface area contributed by atoms with Crippen molar-refractivity contribution in [3.05, 3.63) is 18.3 Å². The van der Waals surface area contributed by atoms with Gasteiger partial charge in [0.05, 0.1) is 0 Å². The Kier molecular flexibility index (Phi) is 2.76. The summed E-state index contributed by atoms with van der Waals surface area (Å²) >= 11 is 0. The second kappa shape index (κ2) is 3.64. The summed E-state index contributed by atoms with van der Waals surface area (Å²) in [6.07, 6.45) is 1.79. The zero-order valence-electron chi connectivity index (χ0n) is 8.68. The molecule has 3 heteroatoms. The topological polar surface area (TPSA) is 37.0 Å². The van der Waals surface area contributed by atoms with Crippen LogP contribution in [-0.4, -0.2) is 17.6 Å². The summed E-state index contributed by atoms with van der Waals surface area (Å²) in [5.41, 5.74) is 1.18. The average molecular weight is 179 g/mol. The van der Waals surface area contributed by atoms with E-state index in [0.717, 1.165) is 11.5 Å². The van der Waals surface area contributed by atoms with Crippen molar-refractivity contribution in [2.75, 3.05) is 17.7 Å². The number of nitrogens with one attached hydrogen (secondary N) is 2. The zero-order chi connectivity index (χ0) is 9.90. The van der Waals surface area contributed by atoms with Gasteiger partial charge in [0.15, 0.2) is 0 Å². The molecule has 0 spiro atoms. The van der Waals surface area contributed by atoms with Crippen LogP contribution >= 0.6 is 0 Å². The van der Waals surface area contributed by atoms with Gasteiger partial charge in [0.1, 0.15) is 5.82 Å². The Morgan fingerprint density at radius 3 is 2.54 bits per heavy atom. The molecule has 3 nitrogen and oxygen atoms in total. The van der Waals surface area contributed by atoms with Crippen LogP contribution in [0.4, 0.5) is 11.5 Å². The van der Waals surface area contributed by atoms with Crippen LogP contribution in [-0.2, 0) is 0 Å². The molecule has 1 heterocycles. The molecule has 13 heavy (non-hydrogen) atoms. The van der Waals surface area contributed by atoms with Crippen molar-refractivity contribution in [3.63, 3.8) is 0 Å². The molecular weight excluding hydrogens is 162 g/mol. The number of nitrogens with zero attached hydrogens (tertiary/aromatic N) is 1. The Morgan fingerprint density at radius 1 is 1.31 bits per heavy atom. The van der Waals surface area contributed by atoms with E-state index < -0.39 is 0 Å². The molecule has 72 valence electrons. The fourth-order valence-electron chi connectivity index (χ4n) is 1.08. The lowest BCUT2D eigenvalue weighted by atomic mass is 10.1. The van der Waals surface area contributed by atoms with Gasteiger partial charge in [0.2, 0.25) is 0 Å². The van der Waals surface area contributed by atoms with Crippen LogP contribution in [0.15, 0.2) is 18.3 Å². The third kappa shape index (κ3) is 3.32. The van der Waals surface area contributed by atoms with Crippen molar-refractivity contribution in [1.29, 1.82) is 0 Å². The maximum Gasteiger partial charge on any atom is 0.127 e. The SMILES string of the molecule is CNc1cc(NC(C)(C)C)ccn1. The molecule has 0 amide bonds. The molecule has 0 radical (unpaired) electrons. The molecule has 1 aromatic rings. The van der Waals surface area contributed by atoms with Crippen LogP contribution in [0.3, 0.4) is 0 Å². The number of hydrogen-bond acceptors (Lipinski definition) is 3. The molecule has 0 unspecified atom stereocenters. The molecule has 0 aliphatic rings. The van der Waals surface area contributed by atoms with Gasteiger partial charge >= 0.3 is 0 Å². The highest BCUT2D eigenvalue weighted by atomic mass is 15.0. The lowest BCUT2D eigenvalue weighted by molar-refractivity contribution is 0.634. The van der Waals surface area contributed by atoms with Gasteiger partial charge in [-0.1, -0.05) is 0 Å². The van der Waals surface area contributed by atoms with Gasteiger partial charge in [-0.15, -0.1) is 0 Å². The Labute approximate surface area is 79.6 Å². The lowest BCUT2D eigenvalue weighted by Gasteiger charge is -2.22. The minimum Gasteiger partial charge on any atom is -0.380 e. The molecule has 0 bridgehead atoms. The fraction of sp³-hybridized carbons (Fsp3) is 0.500. The average Bonchev–Trinajstić information content (AvgIpc) is 2.01. The van der Waals surface area contributed by atoms with Gasteiger partial charge in [-0.05, 0) is 26.8 Å². The molecule has 0 saturated carbocycles. The third-order valence-electron chi connectivity index (χ3n) is 1.54. The van der Waals surface area contributed by atoms with Crippen LogP contribution in [0.25, 0.3) is 0 Å². The van der Waals surface area contributed by atoms with Crippen LogP contribution in [0.5, 0.6) is 0 Å². The first-order valence-electron chi connectivity index (χ1n) is 4.43. The van der Waals surface area contributed by atoms with Gasteiger partial charge in [0, 0.05) is 30.5 Å². The summed E-state index contributed by atoms with van der Waals surface area (Å²) in [4.78, 5) is 4.14. The van der Waals surface area contributed by atoms with Crippen molar-refractivity contribution in [1.82, 2.24) is 4.98 Å². The van der Waals surface area contributed by atoms with E-state index in [0.29, 0.717) is 0 Å². The summed E-state index contributed by atoms with van der Waals surface area (Å²) in [6, 6.07) is 3.96. The standard InChI is InChI=1S/C10H17N3/c1-10(2,3)13-8-5-6-12-9(7-8)11-4/h5-7H,1-4H3,(H2,11,12,13). The molecule has 0 aromatic carbocycles. The second-order valence-corrected chi connectivity index (χ2v) is 4.05. The summed E-state index contributed by atoms with van der Waals surface area (Å²) in [6.45, 7) is 6.39. The monoisotopic (exact) mass is 179 g/mol. The van der Waals surface area contributed by atoms with E-state index in [1.54, 1.807) is 6.20 Å². The Balaban J connectivity index is 2.78. The smallest absolute Gasteiger partial charge is 0.127 e. The minimum absolute atomic E-state index is 0.0896. The zero-order valence-corrected chi connectivity index (χ0v) is 8.68. The molecular formula is C10H17N3. The predicted molar refractivity (Wildman–Crippen MR) is 57.2 cm³/mol. The van der Waals surface area contributed by atoms with Crippen molar-refractivity contribution in [3.8, 4) is 0 Å². The van der Waals surface area contributed by atoms with Crippen molar-refractivity contribution >= 4 is 11.5 Å². The normalized spacial score (nSPS) is 11.1. The number of rotatable bonds is 2. The van der Waals surface area contributed by atoms with Gasteiger partial charge in [-0.2, -0.15) is 0 Å². The van der Waals surface area contributed by atoms with Crippen LogP contribution < -0.4 is 10.6 Å². The van der Waals surface area contributed by atoms with Crippen molar-refractivity contribution in [2.24, 2.45) is 0 Å². The lowest BCUT2D eigenvalue weighted by Crippen LogP contribution is -2.26. The summed E-state index contributed by atoms with van der Waals surface area (Å²) < 4.78 is 0. The molecule has 0 saturated heterocycles. The van der Waals surface area contributed by atoms with E-state index in [-0.39, 0.29) is 5.54 Å². The van der Waals surface area contributed by atoms with Crippen molar-refractivity contribution < 1.29 is 0 Å². The first kappa shape index (κ1) is 9.84. The minimum atomic E-state index is 0.0896. The molecule has 0 atom stereocenters. The summed E-state index contributed by atoms with van der Waals surface area (Å²) in [7, 11) is 1.86. The van der Waals surface area contributed by atoms with E-state index in [1.165, 1.54) is 0 Å². The van der Waals surface area contributed by atoms with Crippen molar-refractivity contribution in [2.45, 2.75) is 26.3 Å². The fourth-order valence-corrected chi connectivity index (χ4v) is 1.08. The van der Waals surface area contributed by atoms with E-state index in [1.807, 2.05) is 19.2 Å². The summed E-state index contributed by atoms with van der Waals surface area (Å²) in [5.74, 6) is 0.884. The molecule has 0 fully saturated rings. The first-order chi connectivity index (χ1) is 6.01. The molecule has 0 aliphatic heterocycles. The molecule has 1 rings (SSSR count). The van der Waals surface area contributed by atoms with E-state index in [4.69, 9.17) is 0 Å². The quantitative estimate of drug-likeness (QED) is 0.731. The molecule has 2 N–H and O–H groups in total. The Morgan fingerprint density at radius 2 is 2.00 bits per heavy atom. The predicted octanol–water partition coefficient (Wildman–Crippen LogP) is 2.33. The van der Waals surface area contributed by atoms with Crippen LogP contribution in [0.1, 0.15) is 20.8 Å². The second-order valence-electron chi connectivity index (χ2n) is 4.05. The highest BCUT2D eigenvalue weighted by molar-refractivity contribution is 5.52. The summed E-state index contributed by atoms with van der Waals surface area (Å²) in [5, 5.41) is 6.38. The maximum atomic E-state index is 4.14. The largest absolute Gasteiger partial charge is 0.380 e. The highest BCUT2D eigenvalue weighted by Crippen LogP contribution is 2.16. The van der Waals surface area contributed by atoms with E-state index in [9.17, 15) is 0 Å². The Hall–Kier alpha value is -1.25. The number of aromatic nitrogens is 1. The van der Waals surface area contributed by atoms with Gasteiger partial charge in [-0.25, -0.2) is 4.98 Å². The molecule has 0 aliphatic carbocycles. The maximum absolute atomic E-state index is 4.14. The Bertz CT molecular complexity index is 276. The van der Waals surface area contributed by atoms with Crippen LogP contribution in [0.2, 0.25) is 0 Å². The van der Waals surface area contributed by atoms with Crippen LogP contribution in [0, 0.1) is 0 Å². The number of anilines is 2. The number of hydrogen-bond donors (Lipinski definition) is 2. The highest BCUT2D eigenvalue weighted by Gasteiger charge is 2.08. The first-order valence-corrected chi connectivity index (χ1v) is 4.43. The third-order valence-corrected chi connectivity index (χ3v) is 1.54. The van der Waals surface area contributed by atoms with Gasteiger partial charge < -0.3 is 10.6 Å². The van der Waals surface area contributed by atoms with E-state index >= 15 is 0 Å². The van der Waals surface area contributed by atoms with Gasteiger partial charge in [-0.3, -0.25) is 0 Å². The van der Waals surface area contributed by atoms with Gasteiger partial charge in [0.25, 0.3) is 0 Å². The number of pyridine rings is 1. The molecule has 1 aromatic heterocycles.